The first-order valence-electron chi connectivity index (χ1n) is 8.97. The van der Waals surface area contributed by atoms with Crippen molar-refractivity contribution in [2.45, 2.75) is 0 Å². The van der Waals surface area contributed by atoms with E-state index in [2.05, 4.69) is 109 Å². The van der Waals surface area contributed by atoms with Crippen molar-refractivity contribution in [2.24, 2.45) is 0 Å². The molecule has 0 aliphatic carbocycles. The van der Waals surface area contributed by atoms with Crippen molar-refractivity contribution in [3.8, 4) is 22.3 Å². The molecule has 0 aliphatic rings. The zero-order valence-corrected chi connectivity index (χ0v) is 17.1. The molecule has 5 aromatic carbocycles. The maximum atomic E-state index is 2.33. The van der Waals surface area contributed by atoms with Crippen LogP contribution < -0.4 is 0 Å². The van der Waals surface area contributed by atoms with E-state index in [9.17, 15) is 0 Å². The largest absolute Gasteiger partial charge is 0.0622 e. The Bertz CT molecular complexity index is 1210. The summed E-state index contributed by atoms with van der Waals surface area (Å²) in [6.45, 7) is 0. The molecule has 1 radical (unpaired) electrons. The van der Waals surface area contributed by atoms with Crippen molar-refractivity contribution < 1.29 is 20.1 Å². The van der Waals surface area contributed by atoms with E-state index in [1.165, 1.54) is 43.8 Å². The summed E-state index contributed by atoms with van der Waals surface area (Å²) < 4.78 is 0. The van der Waals surface area contributed by atoms with E-state index >= 15 is 0 Å². The molecule has 0 aromatic heterocycles. The minimum absolute atomic E-state index is 0. The van der Waals surface area contributed by atoms with Gasteiger partial charge in [0.2, 0.25) is 0 Å². The van der Waals surface area contributed by atoms with Crippen LogP contribution >= 0.6 is 0 Å². The molecule has 0 atom stereocenters. The first-order chi connectivity index (χ1) is 12.9. The van der Waals surface area contributed by atoms with Crippen LogP contribution in [0.2, 0.25) is 0 Å². The van der Waals surface area contributed by atoms with Gasteiger partial charge in [-0.3, -0.25) is 0 Å². The second-order valence-corrected chi connectivity index (χ2v) is 6.61. The van der Waals surface area contributed by atoms with Gasteiger partial charge in [0, 0.05) is 20.1 Å². The van der Waals surface area contributed by atoms with Crippen molar-refractivity contribution in [3.05, 3.63) is 109 Å². The molecule has 0 bridgehead atoms. The molecule has 0 unspecified atom stereocenters. The predicted molar refractivity (Wildman–Crippen MR) is 112 cm³/mol. The quantitative estimate of drug-likeness (QED) is 0.213. The van der Waals surface area contributed by atoms with Gasteiger partial charge in [0.15, 0.2) is 0 Å². The van der Waals surface area contributed by atoms with E-state index < -0.39 is 0 Å². The maximum Gasteiger partial charge on any atom is 0 e. The SMILES string of the molecule is [Ir].c1ccc(-c2cccc3c2c(-c2ccccc2)cc2ccccc23)cc1. The molecule has 5 rings (SSSR count). The van der Waals surface area contributed by atoms with Crippen LogP contribution in [-0.4, -0.2) is 0 Å². The molecule has 0 N–H and O–H groups in total. The zero-order valence-electron chi connectivity index (χ0n) is 14.7. The Morgan fingerprint density at radius 3 is 1.67 bits per heavy atom. The van der Waals surface area contributed by atoms with Crippen molar-refractivity contribution >= 4 is 21.5 Å². The van der Waals surface area contributed by atoms with Gasteiger partial charge in [-0.15, -0.1) is 0 Å². The van der Waals surface area contributed by atoms with Gasteiger partial charge in [0.1, 0.15) is 0 Å². The van der Waals surface area contributed by atoms with E-state index in [-0.39, 0.29) is 20.1 Å². The first kappa shape index (κ1) is 17.7. The predicted octanol–water partition coefficient (Wildman–Crippen LogP) is 7.32. The molecule has 131 valence electrons. The Hall–Kier alpha value is -2.73. The maximum absolute atomic E-state index is 2.33. The molecule has 1 heteroatoms. The summed E-state index contributed by atoms with van der Waals surface area (Å²) in [5.41, 5.74) is 5.09. The van der Waals surface area contributed by atoms with Gasteiger partial charge in [0.05, 0.1) is 0 Å². The molecule has 27 heavy (non-hydrogen) atoms. The number of fused-ring (bicyclic) bond motifs is 3. The van der Waals surface area contributed by atoms with E-state index in [1.807, 2.05) is 0 Å². The van der Waals surface area contributed by atoms with Crippen LogP contribution in [-0.2, 0) is 20.1 Å². The van der Waals surface area contributed by atoms with Crippen LogP contribution in [0.25, 0.3) is 43.8 Å². The van der Waals surface area contributed by atoms with Gasteiger partial charge >= 0.3 is 0 Å². The summed E-state index contributed by atoms with van der Waals surface area (Å²) in [6.07, 6.45) is 0. The van der Waals surface area contributed by atoms with Gasteiger partial charge in [-0.05, 0) is 49.9 Å². The summed E-state index contributed by atoms with van der Waals surface area (Å²) in [7, 11) is 0. The monoisotopic (exact) mass is 523 g/mol. The molecule has 0 heterocycles. The van der Waals surface area contributed by atoms with Crippen molar-refractivity contribution in [3.63, 3.8) is 0 Å². The summed E-state index contributed by atoms with van der Waals surface area (Å²) in [5.74, 6) is 0. The molecular weight excluding hydrogens is 505 g/mol. The van der Waals surface area contributed by atoms with Crippen LogP contribution in [0.15, 0.2) is 109 Å². The van der Waals surface area contributed by atoms with Crippen LogP contribution in [0.5, 0.6) is 0 Å². The fourth-order valence-corrected chi connectivity index (χ4v) is 3.87. The van der Waals surface area contributed by atoms with Crippen LogP contribution in [0, 0.1) is 0 Å². The Morgan fingerprint density at radius 2 is 0.963 bits per heavy atom. The van der Waals surface area contributed by atoms with Crippen molar-refractivity contribution in [1.29, 1.82) is 0 Å². The topological polar surface area (TPSA) is 0 Å². The fourth-order valence-electron chi connectivity index (χ4n) is 3.87. The molecule has 0 spiro atoms. The standard InChI is InChI=1S/C26H18.Ir/c1-3-10-19(11-4-1)23-16-9-17-24-22-15-8-7-14-21(22)18-25(26(23)24)20-12-5-2-6-13-20;/h1-18H;. The van der Waals surface area contributed by atoms with Crippen LogP contribution in [0.1, 0.15) is 0 Å². The zero-order chi connectivity index (χ0) is 17.3. The van der Waals surface area contributed by atoms with Crippen molar-refractivity contribution in [2.75, 3.05) is 0 Å². The first-order valence-corrected chi connectivity index (χ1v) is 8.97. The van der Waals surface area contributed by atoms with Gasteiger partial charge in [-0.1, -0.05) is 103 Å². The minimum atomic E-state index is 0. The second-order valence-electron chi connectivity index (χ2n) is 6.61. The van der Waals surface area contributed by atoms with Crippen molar-refractivity contribution in [1.82, 2.24) is 0 Å². The molecule has 0 amide bonds. The number of benzene rings is 5. The van der Waals surface area contributed by atoms with Gasteiger partial charge in [-0.2, -0.15) is 0 Å². The van der Waals surface area contributed by atoms with Gasteiger partial charge in [-0.25, -0.2) is 0 Å². The Balaban J connectivity index is 0.00000180. The summed E-state index contributed by atoms with van der Waals surface area (Å²) in [5, 5.41) is 5.22. The van der Waals surface area contributed by atoms with Crippen LogP contribution in [0.3, 0.4) is 0 Å². The molecule has 0 fully saturated rings. The van der Waals surface area contributed by atoms with Gasteiger partial charge in [0.25, 0.3) is 0 Å². The molecule has 0 saturated carbocycles. The molecule has 5 aromatic rings. The fraction of sp³-hybridized carbons (Fsp3) is 0. The van der Waals surface area contributed by atoms with Gasteiger partial charge < -0.3 is 0 Å². The number of hydrogen-bond donors (Lipinski definition) is 0. The Labute approximate surface area is 172 Å². The molecular formula is C26H18Ir. The average molecular weight is 523 g/mol. The van der Waals surface area contributed by atoms with E-state index in [0.717, 1.165) is 0 Å². The van der Waals surface area contributed by atoms with E-state index in [4.69, 9.17) is 0 Å². The second kappa shape index (κ2) is 7.48. The smallest absolute Gasteiger partial charge is 0 e. The summed E-state index contributed by atoms with van der Waals surface area (Å²) >= 11 is 0. The normalized spacial score (nSPS) is 10.7. The number of hydrogen-bond acceptors (Lipinski definition) is 0. The minimum Gasteiger partial charge on any atom is -0.0622 e. The Morgan fingerprint density at radius 1 is 0.407 bits per heavy atom. The molecule has 0 saturated heterocycles. The molecule has 0 nitrogen and oxygen atoms in total. The third kappa shape index (κ3) is 3.10. The molecule has 0 aliphatic heterocycles. The third-order valence-electron chi connectivity index (χ3n) is 5.05. The Kier molecular flexibility index (Phi) is 4.90. The number of rotatable bonds is 2. The van der Waals surface area contributed by atoms with E-state index in [0.29, 0.717) is 0 Å². The summed E-state index contributed by atoms with van der Waals surface area (Å²) in [6, 6.07) is 39.0. The summed E-state index contributed by atoms with van der Waals surface area (Å²) in [4.78, 5) is 0. The average Bonchev–Trinajstić information content (AvgIpc) is 2.74. The van der Waals surface area contributed by atoms with E-state index in [1.54, 1.807) is 0 Å². The van der Waals surface area contributed by atoms with Crippen LogP contribution in [0.4, 0.5) is 0 Å². The third-order valence-corrected chi connectivity index (χ3v) is 5.05.